The zero-order valence-corrected chi connectivity index (χ0v) is 11.7. The molecule has 1 atom stereocenters. The van der Waals surface area contributed by atoms with Gasteiger partial charge in [-0.2, -0.15) is 0 Å². The number of hydrogen-bond donors (Lipinski definition) is 1. The second kappa shape index (κ2) is 6.91. The van der Waals surface area contributed by atoms with E-state index in [1.807, 2.05) is 24.3 Å². The molecule has 1 heterocycles. The first-order valence-corrected chi connectivity index (χ1v) is 6.58. The molecule has 1 N–H and O–H groups in total. The van der Waals surface area contributed by atoms with Gasteiger partial charge in [0.2, 0.25) is 0 Å². The van der Waals surface area contributed by atoms with Crippen LogP contribution in [0.3, 0.4) is 0 Å². The van der Waals surface area contributed by atoms with Crippen LogP contribution < -0.4 is 9.47 Å². The highest BCUT2D eigenvalue weighted by molar-refractivity contribution is 5.43. The first-order valence-electron chi connectivity index (χ1n) is 6.58. The highest BCUT2D eigenvalue weighted by Crippen LogP contribution is 2.30. The molecule has 0 saturated carbocycles. The summed E-state index contributed by atoms with van der Waals surface area (Å²) in [5.74, 6) is 1.32. The predicted octanol–water partition coefficient (Wildman–Crippen LogP) is 2.77. The lowest BCUT2D eigenvalue weighted by atomic mass is 10.1. The van der Waals surface area contributed by atoms with Crippen LogP contribution in [0.15, 0.2) is 42.7 Å². The fraction of sp³-hybridized carbons (Fsp3) is 0.312. The zero-order valence-electron chi connectivity index (χ0n) is 11.7. The lowest BCUT2D eigenvalue weighted by Gasteiger charge is -2.13. The van der Waals surface area contributed by atoms with E-state index < -0.39 is 6.10 Å². The molecule has 2 rings (SSSR count). The number of hydrogen-bond acceptors (Lipinski definition) is 4. The maximum Gasteiger partial charge on any atom is 0.161 e. The van der Waals surface area contributed by atoms with Gasteiger partial charge in [0.05, 0.1) is 19.8 Å². The van der Waals surface area contributed by atoms with Crippen molar-refractivity contribution in [2.75, 3.05) is 13.7 Å². The molecule has 0 saturated heterocycles. The summed E-state index contributed by atoms with van der Waals surface area (Å²) in [6.45, 7) is 2.28. The van der Waals surface area contributed by atoms with E-state index >= 15 is 0 Å². The number of benzene rings is 1. The summed E-state index contributed by atoms with van der Waals surface area (Å²) in [5, 5.41) is 9.56. The van der Waals surface area contributed by atoms with Crippen LogP contribution in [0.2, 0.25) is 0 Å². The Morgan fingerprint density at radius 1 is 1.15 bits per heavy atom. The van der Waals surface area contributed by atoms with Gasteiger partial charge in [0, 0.05) is 18.8 Å². The Hall–Kier alpha value is -2.07. The fourth-order valence-corrected chi connectivity index (χ4v) is 1.89. The van der Waals surface area contributed by atoms with Gasteiger partial charge in [-0.15, -0.1) is 0 Å². The van der Waals surface area contributed by atoms with Crippen molar-refractivity contribution in [3.8, 4) is 11.5 Å². The molecule has 0 aliphatic rings. The average Bonchev–Trinajstić information content (AvgIpc) is 2.48. The zero-order chi connectivity index (χ0) is 14.4. The van der Waals surface area contributed by atoms with Gasteiger partial charge in [0.1, 0.15) is 0 Å². The molecule has 0 aliphatic carbocycles. The predicted molar refractivity (Wildman–Crippen MR) is 77.1 cm³/mol. The van der Waals surface area contributed by atoms with Crippen molar-refractivity contribution >= 4 is 0 Å². The highest BCUT2D eigenvalue weighted by Gasteiger charge is 2.08. The molecule has 1 unspecified atom stereocenters. The van der Waals surface area contributed by atoms with Crippen LogP contribution in [0.4, 0.5) is 0 Å². The van der Waals surface area contributed by atoms with Crippen molar-refractivity contribution in [2.45, 2.75) is 19.4 Å². The third kappa shape index (κ3) is 3.71. The minimum absolute atomic E-state index is 0.519. The first-order chi connectivity index (χ1) is 9.70. The molecule has 0 aliphatic heterocycles. The molecule has 0 radical (unpaired) electrons. The number of nitrogens with zero attached hydrogens (tertiary/aromatic N) is 1. The maximum absolute atomic E-state index is 9.56. The lowest BCUT2D eigenvalue weighted by molar-refractivity contribution is 0.198. The van der Waals surface area contributed by atoms with E-state index in [1.54, 1.807) is 32.5 Å². The second-order valence-electron chi connectivity index (χ2n) is 4.54. The van der Waals surface area contributed by atoms with E-state index in [0.29, 0.717) is 18.1 Å². The van der Waals surface area contributed by atoms with Gasteiger partial charge in [-0.3, -0.25) is 4.98 Å². The van der Waals surface area contributed by atoms with Crippen molar-refractivity contribution in [2.24, 2.45) is 0 Å². The quantitative estimate of drug-likeness (QED) is 0.879. The monoisotopic (exact) mass is 273 g/mol. The van der Waals surface area contributed by atoms with Gasteiger partial charge in [-0.1, -0.05) is 6.07 Å². The lowest BCUT2D eigenvalue weighted by Crippen LogP contribution is -2.03. The molecule has 106 valence electrons. The Bertz CT molecular complexity index is 541. The highest BCUT2D eigenvalue weighted by atomic mass is 16.5. The third-order valence-corrected chi connectivity index (χ3v) is 3.07. The molecule has 2 aromatic rings. The molecule has 0 bridgehead atoms. The standard InChI is InChI=1S/C16H19NO3/c1-12(18)14-3-4-15(16(11-14)19-2)20-10-7-13-5-8-17-9-6-13/h3-6,8-9,11-12,18H,7,10H2,1-2H3. The first kappa shape index (κ1) is 14.3. The van der Waals surface area contributed by atoms with Crippen molar-refractivity contribution in [1.82, 2.24) is 4.98 Å². The summed E-state index contributed by atoms with van der Waals surface area (Å²) < 4.78 is 11.0. The van der Waals surface area contributed by atoms with Crippen LogP contribution in [0.5, 0.6) is 11.5 Å². The van der Waals surface area contributed by atoms with Crippen LogP contribution in [-0.4, -0.2) is 23.8 Å². The maximum atomic E-state index is 9.56. The number of methoxy groups -OCH3 is 1. The molecular formula is C16H19NO3. The normalized spacial score (nSPS) is 11.9. The number of aliphatic hydroxyl groups is 1. The number of aromatic nitrogens is 1. The van der Waals surface area contributed by atoms with Gasteiger partial charge in [0.25, 0.3) is 0 Å². The summed E-state index contributed by atoms with van der Waals surface area (Å²) in [7, 11) is 1.59. The van der Waals surface area contributed by atoms with Crippen LogP contribution >= 0.6 is 0 Å². The smallest absolute Gasteiger partial charge is 0.161 e. The molecule has 0 fully saturated rings. The van der Waals surface area contributed by atoms with E-state index in [4.69, 9.17) is 9.47 Å². The summed E-state index contributed by atoms with van der Waals surface area (Å²) >= 11 is 0. The molecule has 4 nitrogen and oxygen atoms in total. The van der Waals surface area contributed by atoms with Crippen LogP contribution in [0.25, 0.3) is 0 Å². The van der Waals surface area contributed by atoms with Crippen molar-refractivity contribution in [1.29, 1.82) is 0 Å². The Labute approximate surface area is 119 Å². The van der Waals surface area contributed by atoms with Gasteiger partial charge in [-0.05, 0) is 42.3 Å². The molecule has 0 spiro atoms. The van der Waals surface area contributed by atoms with Crippen molar-refractivity contribution in [3.63, 3.8) is 0 Å². The van der Waals surface area contributed by atoms with Gasteiger partial charge < -0.3 is 14.6 Å². The number of rotatable bonds is 6. The van der Waals surface area contributed by atoms with E-state index in [1.165, 1.54) is 5.56 Å². The van der Waals surface area contributed by atoms with Crippen LogP contribution in [0.1, 0.15) is 24.2 Å². The van der Waals surface area contributed by atoms with Crippen LogP contribution in [-0.2, 0) is 6.42 Å². The minimum atomic E-state index is -0.519. The molecule has 4 heteroatoms. The minimum Gasteiger partial charge on any atom is -0.493 e. The molecule has 1 aromatic heterocycles. The van der Waals surface area contributed by atoms with Crippen molar-refractivity contribution < 1.29 is 14.6 Å². The average molecular weight is 273 g/mol. The summed E-state index contributed by atoms with van der Waals surface area (Å²) in [6, 6.07) is 9.41. The van der Waals surface area contributed by atoms with Crippen LogP contribution in [0, 0.1) is 0 Å². The summed E-state index contributed by atoms with van der Waals surface area (Å²) in [5.41, 5.74) is 1.99. The van der Waals surface area contributed by atoms with Gasteiger partial charge in [-0.25, -0.2) is 0 Å². The largest absolute Gasteiger partial charge is 0.493 e. The Morgan fingerprint density at radius 3 is 2.55 bits per heavy atom. The Balaban J connectivity index is 1.99. The Kier molecular flexibility index (Phi) is 4.96. The van der Waals surface area contributed by atoms with E-state index in [2.05, 4.69) is 4.98 Å². The topological polar surface area (TPSA) is 51.6 Å². The fourth-order valence-electron chi connectivity index (χ4n) is 1.89. The Morgan fingerprint density at radius 2 is 1.90 bits per heavy atom. The number of aliphatic hydroxyl groups excluding tert-OH is 1. The third-order valence-electron chi connectivity index (χ3n) is 3.07. The molecule has 20 heavy (non-hydrogen) atoms. The molecule has 0 amide bonds. The van der Waals surface area contributed by atoms with Crippen molar-refractivity contribution in [3.05, 3.63) is 53.9 Å². The number of pyridine rings is 1. The summed E-state index contributed by atoms with van der Waals surface area (Å²) in [4.78, 5) is 3.98. The second-order valence-corrected chi connectivity index (χ2v) is 4.54. The molecular weight excluding hydrogens is 254 g/mol. The number of ether oxygens (including phenoxy) is 2. The van der Waals surface area contributed by atoms with E-state index in [9.17, 15) is 5.11 Å². The summed E-state index contributed by atoms with van der Waals surface area (Å²) in [6.07, 6.45) is 3.83. The molecule has 1 aromatic carbocycles. The van der Waals surface area contributed by atoms with E-state index in [0.717, 1.165) is 12.0 Å². The van der Waals surface area contributed by atoms with Gasteiger partial charge in [0.15, 0.2) is 11.5 Å². The van der Waals surface area contributed by atoms with E-state index in [-0.39, 0.29) is 0 Å². The SMILES string of the molecule is COc1cc(C(C)O)ccc1OCCc1ccncc1. The van der Waals surface area contributed by atoms with Gasteiger partial charge >= 0.3 is 0 Å².